The first-order chi connectivity index (χ1) is 8.22. The van der Waals surface area contributed by atoms with Crippen molar-refractivity contribution in [3.05, 3.63) is 11.3 Å². The minimum absolute atomic E-state index is 0.156. The number of ether oxygens (including phenoxy) is 1. The van der Waals surface area contributed by atoms with E-state index in [2.05, 4.69) is 10.3 Å². The monoisotopic (exact) mass is 238 g/mol. The van der Waals surface area contributed by atoms with Crippen molar-refractivity contribution in [2.24, 2.45) is 4.99 Å². The van der Waals surface area contributed by atoms with Crippen molar-refractivity contribution in [3.63, 3.8) is 0 Å². The molecule has 0 bridgehead atoms. The van der Waals surface area contributed by atoms with Gasteiger partial charge in [-0.15, -0.1) is 0 Å². The summed E-state index contributed by atoms with van der Waals surface area (Å²) in [7, 11) is 1.52. The van der Waals surface area contributed by atoms with E-state index in [9.17, 15) is 9.59 Å². The highest BCUT2D eigenvalue weighted by Gasteiger charge is 2.17. The molecule has 0 atom stereocenters. The Labute approximate surface area is 101 Å². The number of carbonyl (C=O) groups excluding carboxylic acids is 2. The highest BCUT2D eigenvalue weighted by molar-refractivity contribution is 6.35. The van der Waals surface area contributed by atoms with Gasteiger partial charge in [-0.3, -0.25) is 9.79 Å². The molecular weight excluding hydrogens is 220 g/mol. The molecule has 0 heterocycles. The first-order valence-electron chi connectivity index (χ1n) is 5.81. The van der Waals surface area contributed by atoms with Gasteiger partial charge in [-0.25, -0.2) is 4.79 Å². The van der Waals surface area contributed by atoms with Crippen LogP contribution in [0.1, 0.15) is 32.6 Å². The van der Waals surface area contributed by atoms with Crippen LogP contribution in [0.3, 0.4) is 0 Å². The lowest BCUT2D eigenvalue weighted by atomic mass is 9.97. The summed E-state index contributed by atoms with van der Waals surface area (Å²) in [6, 6.07) is 0. The maximum Gasteiger partial charge on any atom is 0.373 e. The summed E-state index contributed by atoms with van der Waals surface area (Å²) >= 11 is 0. The third kappa shape index (κ3) is 3.69. The number of allylic oxidation sites excluding steroid dienone is 2. The van der Waals surface area contributed by atoms with Crippen LogP contribution in [0.5, 0.6) is 0 Å². The fourth-order valence-corrected chi connectivity index (χ4v) is 1.74. The van der Waals surface area contributed by atoms with Crippen molar-refractivity contribution in [2.45, 2.75) is 32.6 Å². The van der Waals surface area contributed by atoms with Crippen LogP contribution >= 0.6 is 0 Å². The van der Waals surface area contributed by atoms with Crippen LogP contribution in [0, 0.1) is 0 Å². The van der Waals surface area contributed by atoms with Crippen molar-refractivity contribution >= 4 is 18.1 Å². The number of aliphatic imine (C=N–C) groups is 1. The predicted octanol–water partition coefficient (Wildman–Crippen LogP) is 1.19. The van der Waals surface area contributed by atoms with Crippen molar-refractivity contribution < 1.29 is 14.3 Å². The van der Waals surface area contributed by atoms with Crippen molar-refractivity contribution in [2.75, 3.05) is 13.7 Å². The Morgan fingerprint density at radius 1 is 1.47 bits per heavy atom. The van der Waals surface area contributed by atoms with E-state index in [1.54, 1.807) is 6.92 Å². The molecule has 5 heteroatoms. The molecule has 0 aliphatic heterocycles. The molecule has 0 unspecified atom stereocenters. The molecule has 0 fully saturated rings. The number of carbonyl (C=O) groups is 2. The summed E-state index contributed by atoms with van der Waals surface area (Å²) in [6.45, 7) is 2.04. The van der Waals surface area contributed by atoms with Crippen LogP contribution in [-0.2, 0) is 14.3 Å². The molecule has 17 heavy (non-hydrogen) atoms. The SMILES string of the molecule is CCOC(=O)C(=NC)NC1=C(C=O)CCCC1. The van der Waals surface area contributed by atoms with Crippen molar-refractivity contribution in [1.29, 1.82) is 0 Å². The van der Waals surface area contributed by atoms with E-state index in [1.165, 1.54) is 7.05 Å². The average Bonchev–Trinajstić information content (AvgIpc) is 2.36. The highest BCUT2D eigenvalue weighted by Crippen LogP contribution is 2.21. The second-order valence-electron chi connectivity index (χ2n) is 3.75. The van der Waals surface area contributed by atoms with Gasteiger partial charge in [0.25, 0.3) is 0 Å². The molecule has 94 valence electrons. The maximum absolute atomic E-state index is 11.5. The lowest BCUT2D eigenvalue weighted by molar-refractivity contribution is -0.135. The fraction of sp³-hybridized carbons (Fsp3) is 0.583. The second kappa shape index (κ2) is 6.83. The normalized spacial score (nSPS) is 16.7. The van der Waals surface area contributed by atoms with E-state index < -0.39 is 5.97 Å². The number of nitrogens with zero attached hydrogens (tertiary/aromatic N) is 1. The summed E-state index contributed by atoms with van der Waals surface area (Å²) in [6.07, 6.45) is 4.40. The van der Waals surface area contributed by atoms with Crippen LogP contribution in [0.25, 0.3) is 0 Å². The molecule has 1 N–H and O–H groups in total. The van der Waals surface area contributed by atoms with E-state index in [0.29, 0.717) is 6.61 Å². The standard InChI is InChI=1S/C12H18N2O3/c1-3-17-12(16)11(13-2)14-10-7-5-4-6-9(10)8-15/h8H,3-7H2,1-2H3,(H,13,14). The number of rotatable bonds is 3. The van der Waals surface area contributed by atoms with Crippen molar-refractivity contribution in [3.8, 4) is 0 Å². The Kier molecular flexibility index (Phi) is 5.39. The molecule has 0 aromatic heterocycles. The molecule has 0 saturated carbocycles. The van der Waals surface area contributed by atoms with Gasteiger partial charge in [0, 0.05) is 18.3 Å². The summed E-state index contributed by atoms with van der Waals surface area (Å²) < 4.78 is 4.86. The molecular formula is C12H18N2O3. The number of hydrogen-bond acceptors (Lipinski definition) is 4. The van der Waals surface area contributed by atoms with Crippen LogP contribution in [0.15, 0.2) is 16.3 Å². The lowest BCUT2D eigenvalue weighted by Crippen LogP contribution is -2.33. The molecule has 1 aliphatic rings. The van der Waals surface area contributed by atoms with Crippen LogP contribution in [0.4, 0.5) is 0 Å². The fourth-order valence-electron chi connectivity index (χ4n) is 1.74. The third-order valence-electron chi connectivity index (χ3n) is 2.61. The van der Waals surface area contributed by atoms with E-state index in [4.69, 9.17) is 4.74 Å². The number of aldehydes is 1. The molecule has 0 aromatic carbocycles. The van der Waals surface area contributed by atoms with E-state index in [0.717, 1.165) is 43.2 Å². The molecule has 1 rings (SSSR count). The Bertz CT molecular complexity index is 359. The van der Waals surface area contributed by atoms with Crippen molar-refractivity contribution in [1.82, 2.24) is 5.32 Å². The van der Waals surface area contributed by atoms with Crippen LogP contribution in [-0.4, -0.2) is 31.7 Å². The van der Waals surface area contributed by atoms with Crippen LogP contribution in [0.2, 0.25) is 0 Å². The van der Waals surface area contributed by atoms with Gasteiger partial charge in [0.2, 0.25) is 5.84 Å². The smallest absolute Gasteiger partial charge is 0.373 e. The minimum atomic E-state index is -0.488. The first kappa shape index (κ1) is 13.4. The summed E-state index contributed by atoms with van der Waals surface area (Å²) in [4.78, 5) is 26.2. The van der Waals surface area contributed by atoms with Gasteiger partial charge in [0.05, 0.1) is 6.61 Å². The largest absolute Gasteiger partial charge is 0.460 e. The van der Waals surface area contributed by atoms with Gasteiger partial charge in [-0.2, -0.15) is 0 Å². The minimum Gasteiger partial charge on any atom is -0.460 e. The molecule has 0 saturated heterocycles. The number of nitrogens with one attached hydrogen (secondary N) is 1. The summed E-state index contributed by atoms with van der Waals surface area (Å²) in [5, 5.41) is 2.92. The Morgan fingerprint density at radius 3 is 2.76 bits per heavy atom. The van der Waals surface area contributed by atoms with Gasteiger partial charge in [0.15, 0.2) is 0 Å². The van der Waals surface area contributed by atoms with Gasteiger partial charge in [-0.1, -0.05) is 0 Å². The number of hydrogen-bond donors (Lipinski definition) is 1. The maximum atomic E-state index is 11.5. The molecule has 0 aromatic rings. The van der Waals surface area contributed by atoms with E-state index >= 15 is 0 Å². The first-order valence-corrected chi connectivity index (χ1v) is 5.81. The third-order valence-corrected chi connectivity index (χ3v) is 2.61. The highest BCUT2D eigenvalue weighted by atomic mass is 16.5. The van der Waals surface area contributed by atoms with Gasteiger partial charge >= 0.3 is 5.97 Å². The zero-order valence-corrected chi connectivity index (χ0v) is 10.3. The Balaban J connectivity index is 2.77. The number of amidine groups is 1. The second-order valence-corrected chi connectivity index (χ2v) is 3.75. The molecule has 0 spiro atoms. The molecule has 0 radical (unpaired) electrons. The number of esters is 1. The Hall–Kier alpha value is -1.65. The quantitative estimate of drug-likeness (QED) is 0.347. The summed E-state index contributed by atoms with van der Waals surface area (Å²) in [5.41, 5.74) is 1.52. The van der Waals surface area contributed by atoms with Crippen LogP contribution < -0.4 is 5.32 Å². The van der Waals surface area contributed by atoms with Gasteiger partial charge in [0.1, 0.15) is 6.29 Å². The summed E-state index contributed by atoms with van der Waals surface area (Å²) in [5.74, 6) is -0.332. The molecule has 1 aliphatic carbocycles. The zero-order valence-electron chi connectivity index (χ0n) is 10.3. The average molecular weight is 238 g/mol. The predicted molar refractivity (Wildman–Crippen MR) is 64.7 cm³/mol. The molecule has 0 amide bonds. The lowest BCUT2D eigenvalue weighted by Gasteiger charge is -2.18. The Morgan fingerprint density at radius 2 is 2.18 bits per heavy atom. The van der Waals surface area contributed by atoms with Gasteiger partial charge in [-0.05, 0) is 32.6 Å². The topological polar surface area (TPSA) is 67.8 Å². The van der Waals surface area contributed by atoms with E-state index in [1.807, 2.05) is 0 Å². The molecule has 5 nitrogen and oxygen atoms in total. The van der Waals surface area contributed by atoms with E-state index in [-0.39, 0.29) is 5.84 Å². The zero-order chi connectivity index (χ0) is 12.7. The van der Waals surface area contributed by atoms with Gasteiger partial charge < -0.3 is 10.1 Å².